The maximum Gasteiger partial charge on any atom is 0.232 e. The number of hydrogen-bond donors (Lipinski definition) is 1. The van der Waals surface area contributed by atoms with Crippen LogP contribution in [0.3, 0.4) is 0 Å². The van der Waals surface area contributed by atoms with Crippen LogP contribution in [0.15, 0.2) is 55.3 Å². The van der Waals surface area contributed by atoms with E-state index >= 15 is 0 Å². The van der Waals surface area contributed by atoms with Crippen LogP contribution in [0.4, 0.5) is 5.82 Å². The molecule has 1 aromatic heterocycles. The molecular weight excluding hydrogens is 310 g/mol. The minimum absolute atomic E-state index is 0.116. The van der Waals surface area contributed by atoms with Crippen LogP contribution >= 0.6 is 0 Å². The Bertz CT molecular complexity index is 796. The van der Waals surface area contributed by atoms with E-state index in [1.165, 1.54) is 6.42 Å². The van der Waals surface area contributed by atoms with Crippen LogP contribution in [0.2, 0.25) is 0 Å². The Morgan fingerprint density at radius 2 is 2.08 bits per heavy atom. The second-order valence-electron chi connectivity index (χ2n) is 6.31. The number of hydrogen-bond acceptors (Lipinski definition) is 3. The minimum Gasteiger partial charge on any atom is -0.308 e. The molecule has 1 amide bonds. The van der Waals surface area contributed by atoms with E-state index in [2.05, 4.69) is 23.0 Å². The first-order valence-electron chi connectivity index (χ1n) is 8.74. The summed E-state index contributed by atoms with van der Waals surface area (Å²) in [5.41, 5.74) is 3.78. The standard InChI is InChI=1S/C21H23N3O/c1-3-15(2)21(25)24-20-19(17-12-8-5-9-13-17)23-18(14-22-20)16-10-6-4-7-11-16/h3-4,6-7,10-12,14-15H,1,5,8-9,13H2,2H3,(H,22,24,25). The molecule has 1 atom stereocenters. The third kappa shape index (κ3) is 4.02. The molecule has 0 aliphatic heterocycles. The third-order valence-corrected chi connectivity index (χ3v) is 4.45. The zero-order chi connectivity index (χ0) is 17.6. The highest BCUT2D eigenvalue weighted by Gasteiger charge is 2.18. The smallest absolute Gasteiger partial charge is 0.232 e. The van der Waals surface area contributed by atoms with E-state index in [-0.39, 0.29) is 11.8 Å². The number of nitrogens with one attached hydrogen (secondary N) is 1. The lowest BCUT2D eigenvalue weighted by Crippen LogP contribution is -2.21. The Morgan fingerprint density at radius 3 is 2.76 bits per heavy atom. The lowest BCUT2D eigenvalue weighted by atomic mass is 9.96. The Morgan fingerprint density at radius 1 is 1.28 bits per heavy atom. The van der Waals surface area contributed by atoms with Crippen molar-refractivity contribution in [1.29, 1.82) is 0 Å². The van der Waals surface area contributed by atoms with Crippen molar-refractivity contribution in [2.75, 3.05) is 5.32 Å². The fraction of sp³-hybridized carbons (Fsp3) is 0.286. The molecule has 1 unspecified atom stereocenters. The molecule has 4 nitrogen and oxygen atoms in total. The summed E-state index contributed by atoms with van der Waals surface area (Å²) in [6.45, 7) is 5.49. The lowest BCUT2D eigenvalue weighted by Gasteiger charge is -2.17. The van der Waals surface area contributed by atoms with Crippen molar-refractivity contribution < 1.29 is 4.79 Å². The topological polar surface area (TPSA) is 54.9 Å². The second-order valence-corrected chi connectivity index (χ2v) is 6.31. The molecule has 1 aromatic carbocycles. The van der Waals surface area contributed by atoms with Crippen LogP contribution in [-0.2, 0) is 4.79 Å². The third-order valence-electron chi connectivity index (χ3n) is 4.45. The number of anilines is 1. The molecule has 2 aromatic rings. The fourth-order valence-corrected chi connectivity index (χ4v) is 2.84. The number of nitrogens with zero attached hydrogens (tertiary/aromatic N) is 2. The van der Waals surface area contributed by atoms with Crippen molar-refractivity contribution in [3.05, 3.63) is 61.0 Å². The van der Waals surface area contributed by atoms with Crippen molar-refractivity contribution in [3.8, 4) is 11.3 Å². The predicted octanol–water partition coefficient (Wildman–Crippen LogP) is 4.86. The first-order chi connectivity index (χ1) is 12.2. The average molecular weight is 333 g/mol. The summed E-state index contributed by atoms with van der Waals surface area (Å²) in [5.74, 6) is 0.143. The summed E-state index contributed by atoms with van der Waals surface area (Å²) in [6, 6.07) is 9.98. The maximum atomic E-state index is 12.3. The highest BCUT2D eigenvalue weighted by molar-refractivity contribution is 5.94. The SMILES string of the molecule is C=CC(C)C(=O)Nc1ncc(-c2ccccc2)nc1C1=CCCCC1. The van der Waals surface area contributed by atoms with E-state index in [0.717, 1.165) is 41.8 Å². The fourth-order valence-electron chi connectivity index (χ4n) is 2.84. The van der Waals surface area contributed by atoms with Gasteiger partial charge >= 0.3 is 0 Å². The largest absolute Gasteiger partial charge is 0.308 e. The van der Waals surface area contributed by atoms with Gasteiger partial charge in [0.1, 0.15) is 5.69 Å². The van der Waals surface area contributed by atoms with Gasteiger partial charge in [0.25, 0.3) is 0 Å². The number of allylic oxidation sites excluding steroid dienone is 2. The first-order valence-corrected chi connectivity index (χ1v) is 8.74. The highest BCUT2D eigenvalue weighted by Crippen LogP contribution is 2.31. The van der Waals surface area contributed by atoms with Gasteiger partial charge in [0.05, 0.1) is 17.8 Å². The summed E-state index contributed by atoms with van der Waals surface area (Å²) in [5, 5.41) is 2.91. The molecule has 3 rings (SSSR count). The summed E-state index contributed by atoms with van der Waals surface area (Å²) < 4.78 is 0. The molecule has 0 radical (unpaired) electrons. The van der Waals surface area contributed by atoms with Crippen molar-refractivity contribution in [3.63, 3.8) is 0 Å². The molecule has 0 fully saturated rings. The van der Waals surface area contributed by atoms with Crippen molar-refractivity contribution in [2.24, 2.45) is 5.92 Å². The molecule has 1 heterocycles. The number of amides is 1. The number of carbonyl (C=O) groups excluding carboxylic acids is 1. The van der Waals surface area contributed by atoms with Gasteiger partial charge in [-0.3, -0.25) is 4.79 Å². The van der Waals surface area contributed by atoms with Gasteiger partial charge in [0, 0.05) is 5.56 Å². The predicted molar refractivity (Wildman–Crippen MR) is 102 cm³/mol. The first kappa shape index (κ1) is 17.1. The molecule has 0 spiro atoms. The summed E-state index contributed by atoms with van der Waals surface area (Å²) >= 11 is 0. The van der Waals surface area contributed by atoms with Crippen molar-refractivity contribution >= 4 is 17.3 Å². The van der Waals surface area contributed by atoms with Crippen LogP contribution in [0.1, 0.15) is 38.3 Å². The maximum absolute atomic E-state index is 12.3. The van der Waals surface area contributed by atoms with Crippen LogP contribution in [-0.4, -0.2) is 15.9 Å². The van der Waals surface area contributed by atoms with Gasteiger partial charge in [-0.1, -0.05) is 49.4 Å². The monoisotopic (exact) mass is 333 g/mol. The molecule has 0 saturated carbocycles. The zero-order valence-electron chi connectivity index (χ0n) is 14.5. The Balaban J connectivity index is 2.00. The molecule has 0 bridgehead atoms. The van der Waals surface area contributed by atoms with E-state index < -0.39 is 0 Å². The molecule has 1 aliphatic carbocycles. The van der Waals surface area contributed by atoms with Gasteiger partial charge in [-0.2, -0.15) is 0 Å². The molecule has 4 heteroatoms. The van der Waals surface area contributed by atoms with Gasteiger partial charge < -0.3 is 5.32 Å². The van der Waals surface area contributed by atoms with Gasteiger partial charge in [-0.25, -0.2) is 9.97 Å². The van der Waals surface area contributed by atoms with Gasteiger partial charge in [-0.05, 0) is 31.3 Å². The molecule has 0 saturated heterocycles. The Kier molecular flexibility index (Phi) is 5.39. The Hall–Kier alpha value is -2.75. The van der Waals surface area contributed by atoms with Crippen LogP contribution in [0.5, 0.6) is 0 Å². The number of rotatable bonds is 5. The van der Waals surface area contributed by atoms with Crippen LogP contribution in [0, 0.1) is 5.92 Å². The van der Waals surface area contributed by atoms with E-state index in [1.54, 1.807) is 12.3 Å². The summed E-state index contributed by atoms with van der Waals surface area (Å²) in [6.07, 6.45) is 9.91. The van der Waals surface area contributed by atoms with E-state index in [1.807, 2.05) is 37.3 Å². The number of carbonyl (C=O) groups is 1. The van der Waals surface area contributed by atoms with Crippen molar-refractivity contribution in [1.82, 2.24) is 9.97 Å². The van der Waals surface area contributed by atoms with Crippen LogP contribution in [0.25, 0.3) is 16.8 Å². The quantitative estimate of drug-likeness (QED) is 0.795. The number of benzene rings is 1. The zero-order valence-corrected chi connectivity index (χ0v) is 14.5. The molecule has 1 aliphatic rings. The normalized spacial score (nSPS) is 15.2. The van der Waals surface area contributed by atoms with Crippen LogP contribution < -0.4 is 5.32 Å². The molecule has 25 heavy (non-hydrogen) atoms. The number of aromatic nitrogens is 2. The summed E-state index contributed by atoms with van der Waals surface area (Å²) in [4.78, 5) is 21.6. The molecule has 1 N–H and O–H groups in total. The minimum atomic E-state index is -0.274. The van der Waals surface area contributed by atoms with Gasteiger partial charge in [0.15, 0.2) is 5.82 Å². The molecule has 128 valence electrons. The highest BCUT2D eigenvalue weighted by atomic mass is 16.1. The second kappa shape index (κ2) is 7.88. The van der Waals surface area contributed by atoms with E-state index in [0.29, 0.717) is 5.82 Å². The summed E-state index contributed by atoms with van der Waals surface area (Å²) in [7, 11) is 0. The van der Waals surface area contributed by atoms with Crippen molar-refractivity contribution in [2.45, 2.75) is 32.6 Å². The Labute approximate surface area is 148 Å². The van der Waals surface area contributed by atoms with E-state index in [9.17, 15) is 4.79 Å². The van der Waals surface area contributed by atoms with E-state index in [4.69, 9.17) is 4.98 Å². The average Bonchev–Trinajstić information content (AvgIpc) is 2.69. The van der Waals surface area contributed by atoms with Gasteiger partial charge in [0.2, 0.25) is 5.91 Å². The van der Waals surface area contributed by atoms with Gasteiger partial charge in [-0.15, -0.1) is 6.58 Å². The lowest BCUT2D eigenvalue weighted by molar-refractivity contribution is -0.118. The molecular formula is C21H23N3O.